The van der Waals surface area contributed by atoms with E-state index in [9.17, 15) is 4.79 Å². The van der Waals surface area contributed by atoms with Crippen molar-refractivity contribution in [2.75, 3.05) is 0 Å². The zero-order chi connectivity index (χ0) is 19.3. The summed E-state index contributed by atoms with van der Waals surface area (Å²) in [6.45, 7) is 4.29. The first-order valence-electron chi connectivity index (χ1n) is 11.5. The molecule has 1 aliphatic carbocycles. The van der Waals surface area contributed by atoms with E-state index in [-0.39, 0.29) is 0 Å². The van der Waals surface area contributed by atoms with Gasteiger partial charge in [0.15, 0.2) is 0 Å². The smallest absolute Gasteiger partial charge is 0.303 e. The first-order valence-corrected chi connectivity index (χ1v) is 11.5. The molecule has 154 valence electrons. The molecule has 0 aromatic heterocycles. The van der Waals surface area contributed by atoms with Gasteiger partial charge in [-0.25, -0.2) is 0 Å². The number of carboxylic acids is 1. The summed E-state index contributed by atoms with van der Waals surface area (Å²) in [5.74, 6) is 0.432. The number of carboxylic acid groups (broad SMARTS) is 1. The molecule has 0 amide bonds. The zero-order valence-corrected chi connectivity index (χ0v) is 17.8. The lowest BCUT2D eigenvalue weighted by atomic mass is 9.99. The number of hydrogen-bond acceptors (Lipinski definition) is 1. The van der Waals surface area contributed by atoms with Crippen molar-refractivity contribution in [3.63, 3.8) is 0 Å². The van der Waals surface area contributed by atoms with Crippen molar-refractivity contribution >= 4 is 5.97 Å². The fraction of sp³-hybridized carbons (Fsp3) is 0.875. The molecule has 0 heterocycles. The summed E-state index contributed by atoms with van der Waals surface area (Å²) < 4.78 is 0. The standard InChI is InChI=1S/C15H30.C9H16O2/c1-2-3-4-5-6-7-8-9-12-15-13-10-11-14-15;1-2-3-4-5-6-7-8-9(10)11/h15H,2-14H2,1H3;2-3H,4-8H2,1H3,(H,10,11)/b;3-2-. The van der Waals surface area contributed by atoms with Crippen molar-refractivity contribution < 1.29 is 9.90 Å². The van der Waals surface area contributed by atoms with E-state index in [1.807, 2.05) is 13.0 Å². The molecule has 0 aliphatic heterocycles. The Morgan fingerprint density at radius 1 is 0.885 bits per heavy atom. The molecule has 0 bridgehead atoms. The van der Waals surface area contributed by atoms with Gasteiger partial charge in [0.05, 0.1) is 0 Å². The van der Waals surface area contributed by atoms with E-state index in [1.165, 1.54) is 83.5 Å². The van der Waals surface area contributed by atoms with Crippen molar-refractivity contribution in [2.24, 2.45) is 5.92 Å². The molecule has 1 N–H and O–H groups in total. The first-order chi connectivity index (χ1) is 12.7. The molecule has 0 atom stereocenters. The molecular weight excluding hydrogens is 320 g/mol. The number of carbonyl (C=O) groups is 1. The van der Waals surface area contributed by atoms with Crippen LogP contribution >= 0.6 is 0 Å². The van der Waals surface area contributed by atoms with Gasteiger partial charge in [-0.2, -0.15) is 0 Å². The Morgan fingerprint density at radius 3 is 2.04 bits per heavy atom. The van der Waals surface area contributed by atoms with Gasteiger partial charge in [0.2, 0.25) is 0 Å². The molecule has 0 unspecified atom stereocenters. The van der Waals surface area contributed by atoms with Crippen LogP contribution in [0.3, 0.4) is 0 Å². The first kappa shape index (κ1) is 25.2. The maximum Gasteiger partial charge on any atom is 0.303 e. The number of allylic oxidation sites excluding steroid dienone is 2. The highest BCUT2D eigenvalue weighted by Crippen LogP contribution is 2.29. The van der Waals surface area contributed by atoms with E-state index in [0.717, 1.165) is 31.6 Å². The van der Waals surface area contributed by atoms with Crippen LogP contribution in [-0.2, 0) is 4.79 Å². The largest absolute Gasteiger partial charge is 0.481 e. The molecule has 2 nitrogen and oxygen atoms in total. The fourth-order valence-corrected chi connectivity index (χ4v) is 3.75. The van der Waals surface area contributed by atoms with Gasteiger partial charge >= 0.3 is 5.97 Å². The van der Waals surface area contributed by atoms with Gasteiger partial charge in [0.25, 0.3) is 0 Å². The lowest BCUT2D eigenvalue weighted by Crippen LogP contribution is -1.93. The summed E-state index contributed by atoms with van der Waals surface area (Å²) >= 11 is 0. The minimum absolute atomic E-state index is 0.315. The van der Waals surface area contributed by atoms with Crippen molar-refractivity contribution in [2.45, 2.75) is 129 Å². The predicted molar refractivity (Wildman–Crippen MR) is 115 cm³/mol. The molecule has 1 aliphatic rings. The minimum Gasteiger partial charge on any atom is -0.481 e. The molecular formula is C24H46O2. The summed E-state index contributed by atoms with van der Waals surface area (Å²) in [7, 11) is 0. The minimum atomic E-state index is -0.684. The molecule has 1 rings (SSSR count). The quantitative estimate of drug-likeness (QED) is 0.234. The maximum atomic E-state index is 10.1. The van der Waals surface area contributed by atoms with Crippen molar-refractivity contribution in [3.05, 3.63) is 12.2 Å². The monoisotopic (exact) mass is 366 g/mol. The van der Waals surface area contributed by atoms with E-state index in [0.29, 0.717) is 6.42 Å². The molecule has 26 heavy (non-hydrogen) atoms. The van der Waals surface area contributed by atoms with E-state index < -0.39 is 5.97 Å². The lowest BCUT2D eigenvalue weighted by Gasteiger charge is -2.07. The molecule has 0 radical (unpaired) electrons. The van der Waals surface area contributed by atoms with Crippen LogP contribution in [0.4, 0.5) is 0 Å². The Kier molecular flexibility index (Phi) is 19.9. The fourth-order valence-electron chi connectivity index (χ4n) is 3.75. The second kappa shape index (κ2) is 20.5. The third-order valence-electron chi connectivity index (χ3n) is 5.44. The van der Waals surface area contributed by atoms with Gasteiger partial charge in [0.1, 0.15) is 0 Å². The summed E-state index contributed by atoms with van der Waals surface area (Å²) in [5, 5.41) is 8.30. The predicted octanol–water partition coefficient (Wildman–Crippen LogP) is 8.31. The topological polar surface area (TPSA) is 37.3 Å². The third-order valence-corrected chi connectivity index (χ3v) is 5.44. The number of rotatable bonds is 15. The average molecular weight is 367 g/mol. The average Bonchev–Trinajstić information content (AvgIpc) is 3.14. The Balaban J connectivity index is 0.000000508. The van der Waals surface area contributed by atoms with Crippen molar-refractivity contribution in [3.8, 4) is 0 Å². The molecule has 1 saturated carbocycles. The molecule has 0 saturated heterocycles. The van der Waals surface area contributed by atoms with Gasteiger partial charge in [-0.05, 0) is 32.1 Å². The van der Waals surface area contributed by atoms with Crippen LogP contribution < -0.4 is 0 Å². The second-order valence-electron chi connectivity index (χ2n) is 7.98. The maximum absolute atomic E-state index is 10.1. The van der Waals surface area contributed by atoms with E-state index >= 15 is 0 Å². The van der Waals surface area contributed by atoms with E-state index in [1.54, 1.807) is 0 Å². The summed E-state index contributed by atoms with van der Waals surface area (Å²) in [6.07, 6.45) is 27.9. The normalized spacial score (nSPS) is 14.5. The van der Waals surface area contributed by atoms with Crippen LogP contribution in [0.25, 0.3) is 0 Å². The summed E-state index contributed by atoms with van der Waals surface area (Å²) in [5.41, 5.74) is 0. The molecule has 1 fully saturated rings. The SMILES string of the molecule is C/C=C\CCCCCC(=O)O.CCCCCCCCCCC1CCCC1. The Bertz CT molecular complexity index is 316. The second-order valence-corrected chi connectivity index (χ2v) is 7.98. The van der Waals surface area contributed by atoms with Gasteiger partial charge in [-0.15, -0.1) is 0 Å². The molecule has 2 heteroatoms. The zero-order valence-electron chi connectivity index (χ0n) is 17.8. The van der Waals surface area contributed by atoms with Gasteiger partial charge < -0.3 is 5.11 Å². The summed E-state index contributed by atoms with van der Waals surface area (Å²) in [6, 6.07) is 0. The number of unbranched alkanes of at least 4 members (excludes halogenated alkanes) is 10. The van der Waals surface area contributed by atoms with Gasteiger partial charge in [-0.3, -0.25) is 4.79 Å². The van der Waals surface area contributed by atoms with Gasteiger partial charge in [-0.1, -0.05) is 109 Å². The Morgan fingerprint density at radius 2 is 1.46 bits per heavy atom. The third kappa shape index (κ3) is 19.5. The molecule has 0 aromatic carbocycles. The van der Waals surface area contributed by atoms with Crippen LogP contribution in [0.2, 0.25) is 0 Å². The van der Waals surface area contributed by atoms with Crippen molar-refractivity contribution in [1.29, 1.82) is 0 Å². The number of aliphatic carboxylic acids is 1. The summed E-state index contributed by atoms with van der Waals surface area (Å²) in [4.78, 5) is 10.1. The lowest BCUT2D eigenvalue weighted by molar-refractivity contribution is -0.137. The van der Waals surface area contributed by atoms with Crippen LogP contribution in [0.5, 0.6) is 0 Å². The highest BCUT2D eigenvalue weighted by molar-refractivity contribution is 5.66. The molecule has 0 aromatic rings. The van der Waals surface area contributed by atoms with Crippen LogP contribution in [0, 0.1) is 5.92 Å². The highest BCUT2D eigenvalue weighted by atomic mass is 16.4. The van der Waals surface area contributed by atoms with Crippen molar-refractivity contribution in [1.82, 2.24) is 0 Å². The Hall–Kier alpha value is -0.790. The van der Waals surface area contributed by atoms with Crippen LogP contribution in [0.1, 0.15) is 129 Å². The highest BCUT2D eigenvalue weighted by Gasteiger charge is 2.13. The molecule has 0 spiro atoms. The Labute approximate surface area is 163 Å². The van der Waals surface area contributed by atoms with Gasteiger partial charge in [0, 0.05) is 6.42 Å². The van der Waals surface area contributed by atoms with Crippen LogP contribution in [0.15, 0.2) is 12.2 Å². The van der Waals surface area contributed by atoms with E-state index in [4.69, 9.17) is 5.11 Å². The van der Waals surface area contributed by atoms with Crippen LogP contribution in [-0.4, -0.2) is 11.1 Å². The van der Waals surface area contributed by atoms with E-state index in [2.05, 4.69) is 13.0 Å². The number of hydrogen-bond donors (Lipinski definition) is 1.